The molecule has 1 aromatic carbocycles. The van der Waals surface area contributed by atoms with Crippen molar-refractivity contribution < 1.29 is 14.3 Å². The minimum Gasteiger partial charge on any atom is -0.493 e. The molecular weight excluding hydrogens is 436 g/mol. The van der Waals surface area contributed by atoms with Gasteiger partial charge in [0.05, 0.1) is 24.3 Å². The van der Waals surface area contributed by atoms with Crippen LogP contribution in [-0.2, 0) is 13.0 Å². The van der Waals surface area contributed by atoms with Crippen molar-refractivity contribution in [2.45, 2.75) is 25.8 Å². The van der Waals surface area contributed by atoms with Gasteiger partial charge in [-0.3, -0.25) is 4.79 Å². The Morgan fingerprint density at radius 2 is 2.09 bits per heavy atom. The predicted molar refractivity (Wildman–Crippen MR) is 127 cm³/mol. The minimum absolute atomic E-state index is 0.0394. The van der Waals surface area contributed by atoms with Gasteiger partial charge in [-0.25, -0.2) is 15.0 Å². The number of amides is 1. The number of thiophene rings is 1. The van der Waals surface area contributed by atoms with Crippen molar-refractivity contribution in [3.05, 3.63) is 76.2 Å². The molecule has 4 heterocycles. The first-order valence-electron chi connectivity index (χ1n) is 10.7. The fourth-order valence-electron chi connectivity index (χ4n) is 4.30. The molecule has 1 unspecified atom stereocenters. The summed E-state index contributed by atoms with van der Waals surface area (Å²) >= 11 is 1.42. The summed E-state index contributed by atoms with van der Waals surface area (Å²) in [7, 11) is 3.38. The van der Waals surface area contributed by atoms with Crippen LogP contribution < -0.4 is 9.47 Å². The zero-order valence-corrected chi connectivity index (χ0v) is 19.6. The number of fused-ring (bicyclic) bond motifs is 2. The Morgan fingerprint density at radius 3 is 2.94 bits per heavy atom. The molecule has 4 aromatic rings. The van der Waals surface area contributed by atoms with E-state index in [0.717, 1.165) is 39.2 Å². The maximum Gasteiger partial charge on any atom is 0.264 e. The molecule has 33 heavy (non-hydrogen) atoms. The largest absolute Gasteiger partial charge is 0.493 e. The number of hydrogen-bond donors (Lipinski definition) is 0. The lowest BCUT2D eigenvalue weighted by atomic mass is 9.91. The van der Waals surface area contributed by atoms with Crippen molar-refractivity contribution >= 4 is 27.5 Å². The lowest BCUT2D eigenvalue weighted by Gasteiger charge is -2.25. The molecule has 0 saturated carbocycles. The summed E-state index contributed by atoms with van der Waals surface area (Å²) in [6.45, 7) is 3.00. The molecule has 0 saturated heterocycles. The molecule has 5 rings (SSSR count). The van der Waals surface area contributed by atoms with Gasteiger partial charge >= 0.3 is 0 Å². The van der Waals surface area contributed by atoms with Crippen LogP contribution in [0.1, 0.15) is 38.0 Å². The van der Waals surface area contributed by atoms with E-state index in [-0.39, 0.29) is 11.8 Å². The molecule has 1 aliphatic rings. The van der Waals surface area contributed by atoms with Gasteiger partial charge in [-0.15, -0.1) is 11.3 Å². The van der Waals surface area contributed by atoms with Crippen LogP contribution in [0.2, 0.25) is 0 Å². The van der Waals surface area contributed by atoms with Crippen LogP contribution in [0.25, 0.3) is 10.2 Å². The molecule has 3 aromatic heterocycles. The summed E-state index contributed by atoms with van der Waals surface area (Å²) < 4.78 is 11.2. The number of rotatable bonds is 5. The van der Waals surface area contributed by atoms with Crippen molar-refractivity contribution in [3.8, 4) is 11.6 Å². The van der Waals surface area contributed by atoms with Gasteiger partial charge in [0.2, 0.25) is 5.88 Å². The molecule has 0 spiro atoms. The van der Waals surface area contributed by atoms with E-state index in [0.29, 0.717) is 23.9 Å². The van der Waals surface area contributed by atoms with E-state index < -0.39 is 0 Å². The predicted octanol–water partition coefficient (Wildman–Crippen LogP) is 4.39. The quantitative estimate of drug-likeness (QED) is 0.440. The molecule has 0 aliphatic carbocycles. The summed E-state index contributed by atoms with van der Waals surface area (Å²) in [5.41, 5.74) is 4.00. The van der Waals surface area contributed by atoms with E-state index in [9.17, 15) is 4.79 Å². The van der Waals surface area contributed by atoms with Gasteiger partial charge < -0.3 is 14.4 Å². The molecule has 0 bridgehead atoms. The third-order valence-electron chi connectivity index (χ3n) is 5.99. The standard InChI is InChI=1S/C25H24N4O3S/c1-15-21-22(18-11-17-6-4-5-7-19(17)32-13-18)27-14-28-24(21)33-23(15)25(30)29(2)12-16-8-9-26-20(10-16)31-3/h4-10,14,18H,11-13H2,1-3H3. The molecule has 0 fully saturated rings. The Hall–Kier alpha value is -3.52. The van der Waals surface area contributed by atoms with Gasteiger partial charge in [0.25, 0.3) is 5.91 Å². The highest BCUT2D eigenvalue weighted by atomic mass is 32.1. The molecule has 1 aliphatic heterocycles. The normalized spacial score (nSPS) is 15.1. The molecular formula is C25H24N4O3S. The highest BCUT2D eigenvalue weighted by Gasteiger charge is 2.28. The van der Waals surface area contributed by atoms with Crippen LogP contribution in [0.5, 0.6) is 11.6 Å². The first kappa shape index (κ1) is 21.3. The van der Waals surface area contributed by atoms with Gasteiger partial charge in [-0.05, 0) is 42.2 Å². The Labute approximate surface area is 196 Å². The Bertz CT molecular complexity index is 1340. The zero-order valence-electron chi connectivity index (χ0n) is 18.7. The van der Waals surface area contributed by atoms with E-state index in [4.69, 9.17) is 9.47 Å². The van der Waals surface area contributed by atoms with Crippen LogP contribution >= 0.6 is 11.3 Å². The number of benzene rings is 1. The van der Waals surface area contributed by atoms with Crippen LogP contribution in [0.4, 0.5) is 0 Å². The Morgan fingerprint density at radius 1 is 1.24 bits per heavy atom. The van der Waals surface area contributed by atoms with Gasteiger partial charge in [0.1, 0.15) is 16.9 Å². The highest BCUT2D eigenvalue weighted by molar-refractivity contribution is 7.20. The number of carbonyl (C=O) groups is 1. The first-order chi connectivity index (χ1) is 16.0. The summed E-state index contributed by atoms with van der Waals surface area (Å²) in [5.74, 6) is 1.54. The Balaban J connectivity index is 1.44. The number of ether oxygens (including phenoxy) is 2. The van der Waals surface area contributed by atoms with Crippen LogP contribution in [-0.4, -0.2) is 46.5 Å². The number of aromatic nitrogens is 3. The van der Waals surface area contributed by atoms with Gasteiger partial charge in [-0.2, -0.15) is 0 Å². The average Bonchev–Trinajstić information content (AvgIpc) is 3.19. The second-order valence-corrected chi connectivity index (χ2v) is 9.18. The monoisotopic (exact) mass is 460 g/mol. The van der Waals surface area contributed by atoms with Crippen LogP contribution in [0.15, 0.2) is 48.9 Å². The van der Waals surface area contributed by atoms with Crippen LogP contribution in [0, 0.1) is 6.92 Å². The lowest BCUT2D eigenvalue weighted by Crippen LogP contribution is -2.26. The maximum absolute atomic E-state index is 13.4. The second-order valence-electron chi connectivity index (χ2n) is 8.18. The van der Waals surface area contributed by atoms with Crippen molar-refractivity contribution in [3.63, 3.8) is 0 Å². The number of nitrogens with zero attached hydrogens (tertiary/aromatic N) is 4. The zero-order chi connectivity index (χ0) is 22.9. The highest BCUT2D eigenvalue weighted by Crippen LogP contribution is 2.38. The number of hydrogen-bond acceptors (Lipinski definition) is 7. The molecule has 7 nitrogen and oxygen atoms in total. The van der Waals surface area contributed by atoms with Crippen molar-refractivity contribution in [2.75, 3.05) is 20.8 Å². The van der Waals surface area contributed by atoms with Crippen molar-refractivity contribution in [1.29, 1.82) is 0 Å². The lowest BCUT2D eigenvalue weighted by molar-refractivity contribution is 0.0789. The SMILES string of the molecule is COc1cc(CN(C)C(=O)c2sc3ncnc(C4COc5ccccc5C4)c3c2C)ccn1. The maximum atomic E-state index is 13.4. The second kappa shape index (κ2) is 8.78. The van der Waals surface area contributed by atoms with E-state index in [2.05, 4.69) is 21.0 Å². The van der Waals surface area contributed by atoms with E-state index in [1.54, 1.807) is 31.6 Å². The fourth-order valence-corrected chi connectivity index (χ4v) is 5.45. The summed E-state index contributed by atoms with van der Waals surface area (Å²) in [4.78, 5) is 29.8. The van der Waals surface area contributed by atoms with E-state index >= 15 is 0 Å². The molecule has 168 valence electrons. The minimum atomic E-state index is -0.0394. The Kier molecular flexibility index (Phi) is 5.68. The smallest absolute Gasteiger partial charge is 0.264 e. The number of carbonyl (C=O) groups excluding carboxylic acids is 1. The number of methoxy groups -OCH3 is 1. The first-order valence-corrected chi connectivity index (χ1v) is 11.6. The summed E-state index contributed by atoms with van der Waals surface area (Å²) in [6.07, 6.45) is 4.13. The average molecular weight is 461 g/mol. The molecule has 0 N–H and O–H groups in total. The third-order valence-corrected chi connectivity index (χ3v) is 7.18. The van der Waals surface area contributed by atoms with E-state index in [1.165, 1.54) is 16.9 Å². The number of para-hydroxylation sites is 1. The van der Waals surface area contributed by atoms with Gasteiger partial charge in [0.15, 0.2) is 0 Å². The molecule has 0 radical (unpaired) electrons. The van der Waals surface area contributed by atoms with E-state index in [1.807, 2.05) is 37.3 Å². The van der Waals surface area contributed by atoms with Gasteiger partial charge in [-0.1, -0.05) is 18.2 Å². The van der Waals surface area contributed by atoms with Gasteiger partial charge in [0, 0.05) is 37.2 Å². The van der Waals surface area contributed by atoms with Crippen molar-refractivity contribution in [2.24, 2.45) is 0 Å². The van der Waals surface area contributed by atoms with Crippen LogP contribution in [0.3, 0.4) is 0 Å². The summed E-state index contributed by atoms with van der Waals surface area (Å²) in [5, 5.41) is 0.970. The number of pyridine rings is 1. The molecule has 1 amide bonds. The fraction of sp³-hybridized carbons (Fsp3) is 0.280. The molecule has 1 atom stereocenters. The third kappa shape index (κ3) is 4.02. The number of aryl methyl sites for hydroxylation is 1. The summed E-state index contributed by atoms with van der Waals surface area (Å²) in [6, 6.07) is 11.8. The van der Waals surface area contributed by atoms with Crippen molar-refractivity contribution in [1.82, 2.24) is 19.9 Å². The molecule has 8 heteroatoms. The topological polar surface area (TPSA) is 77.4 Å².